The number of carbonyl (C=O) groups excluding carboxylic acids is 1. The van der Waals surface area contributed by atoms with Crippen LogP contribution < -0.4 is 10.6 Å². The Morgan fingerprint density at radius 1 is 1.50 bits per heavy atom. The van der Waals surface area contributed by atoms with Crippen LogP contribution in [-0.2, 0) is 6.42 Å². The van der Waals surface area contributed by atoms with Crippen LogP contribution in [0.5, 0.6) is 0 Å². The van der Waals surface area contributed by atoms with Crippen molar-refractivity contribution in [1.82, 2.24) is 15.8 Å². The van der Waals surface area contributed by atoms with Crippen LogP contribution in [0.2, 0.25) is 0 Å². The molecular weight excluding hydrogens is 234 g/mol. The highest BCUT2D eigenvalue weighted by atomic mass is 16.5. The number of aromatic nitrogens is 1. The zero-order valence-electron chi connectivity index (χ0n) is 11.1. The number of nitrogens with zero attached hydrogens (tertiary/aromatic N) is 1. The molecule has 0 spiro atoms. The Morgan fingerprint density at radius 2 is 2.22 bits per heavy atom. The highest BCUT2D eigenvalue weighted by Gasteiger charge is 2.14. The molecule has 2 amide bonds. The normalized spacial score (nSPS) is 12.2. The first-order chi connectivity index (χ1) is 8.54. The summed E-state index contributed by atoms with van der Waals surface area (Å²) in [5, 5.41) is 18.0. The van der Waals surface area contributed by atoms with E-state index in [2.05, 4.69) is 15.8 Å². The summed E-state index contributed by atoms with van der Waals surface area (Å²) in [4.78, 5) is 11.5. The number of nitrogens with one attached hydrogen (secondary N) is 2. The van der Waals surface area contributed by atoms with E-state index in [1.165, 1.54) is 0 Å². The first-order valence-corrected chi connectivity index (χ1v) is 6.11. The third-order valence-electron chi connectivity index (χ3n) is 2.69. The molecule has 0 bridgehead atoms. The van der Waals surface area contributed by atoms with Gasteiger partial charge < -0.3 is 20.3 Å². The van der Waals surface area contributed by atoms with E-state index in [9.17, 15) is 4.79 Å². The zero-order chi connectivity index (χ0) is 13.5. The third kappa shape index (κ3) is 4.37. The minimum atomic E-state index is -0.220. The number of amides is 2. The molecule has 0 aliphatic rings. The second-order valence-electron chi connectivity index (χ2n) is 4.39. The van der Waals surface area contributed by atoms with Crippen LogP contribution in [0.4, 0.5) is 4.79 Å². The van der Waals surface area contributed by atoms with Crippen molar-refractivity contribution in [2.75, 3.05) is 13.2 Å². The molecule has 102 valence electrons. The van der Waals surface area contributed by atoms with Crippen molar-refractivity contribution < 1.29 is 14.4 Å². The van der Waals surface area contributed by atoms with Crippen molar-refractivity contribution in [3.05, 3.63) is 17.0 Å². The van der Waals surface area contributed by atoms with Crippen LogP contribution in [0.1, 0.15) is 30.4 Å². The molecule has 1 heterocycles. The van der Waals surface area contributed by atoms with E-state index < -0.39 is 0 Å². The monoisotopic (exact) mass is 255 g/mol. The molecule has 0 radical (unpaired) electrons. The number of hydrogen-bond acceptors (Lipinski definition) is 4. The van der Waals surface area contributed by atoms with Gasteiger partial charge in [0, 0.05) is 24.8 Å². The molecule has 0 saturated carbocycles. The van der Waals surface area contributed by atoms with Gasteiger partial charge in [-0.25, -0.2) is 4.79 Å². The minimum absolute atomic E-state index is 0.00377. The van der Waals surface area contributed by atoms with Crippen LogP contribution >= 0.6 is 0 Å². The average molecular weight is 255 g/mol. The molecule has 1 atom stereocenters. The standard InChI is InChI=1S/C12H21N3O3/c1-8(14-12(17)13-5-4-6-16)7-11-9(2)15-18-10(11)3/h8,16H,4-7H2,1-3H3,(H2,13,14,17). The lowest BCUT2D eigenvalue weighted by Crippen LogP contribution is -2.42. The lowest BCUT2D eigenvalue weighted by Gasteiger charge is -2.14. The number of rotatable bonds is 6. The van der Waals surface area contributed by atoms with Gasteiger partial charge in [-0.1, -0.05) is 5.16 Å². The molecule has 0 aromatic carbocycles. The second kappa shape index (κ2) is 7.00. The fourth-order valence-electron chi connectivity index (χ4n) is 1.71. The first kappa shape index (κ1) is 14.5. The predicted molar refractivity (Wildman–Crippen MR) is 67.4 cm³/mol. The third-order valence-corrected chi connectivity index (χ3v) is 2.69. The molecule has 1 aromatic rings. The Morgan fingerprint density at radius 3 is 2.78 bits per heavy atom. The molecule has 0 aliphatic carbocycles. The summed E-state index contributed by atoms with van der Waals surface area (Å²) >= 11 is 0. The topological polar surface area (TPSA) is 87.4 Å². The van der Waals surface area contributed by atoms with E-state index in [0.717, 1.165) is 17.0 Å². The first-order valence-electron chi connectivity index (χ1n) is 6.11. The largest absolute Gasteiger partial charge is 0.396 e. The van der Waals surface area contributed by atoms with Crippen molar-refractivity contribution in [2.45, 2.75) is 39.7 Å². The van der Waals surface area contributed by atoms with Gasteiger partial charge in [0.15, 0.2) is 0 Å². The van der Waals surface area contributed by atoms with Crippen molar-refractivity contribution in [3.8, 4) is 0 Å². The van der Waals surface area contributed by atoms with Gasteiger partial charge in [0.05, 0.1) is 5.69 Å². The van der Waals surface area contributed by atoms with Crippen LogP contribution in [0.15, 0.2) is 4.52 Å². The Hall–Kier alpha value is -1.56. The maximum Gasteiger partial charge on any atom is 0.315 e. The van der Waals surface area contributed by atoms with Crippen molar-refractivity contribution in [3.63, 3.8) is 0 Å². The molecule has 6 heteroatoms. The Bertz CT molecular complexity index is 370. The second-order valence-corrected chi connectivity index (χ2v) is 4.39. The quantitative estimate of drug-likeness (QED) is 0.659. The van der Waals surface area contributed by atoms with Gasteiger partial charge in [-0.05, 0) is 33.6 Å². The number of carbonyl (C=O) groups is 1. The molecule has 0 fully saturated rings. The molecule has 0 saturated heterocycles. The molecule has 1 aromatic heterocycles. The number of urea groups is 1. The van der Waals surface area contributed by atoms with E-state index in [1.54, 1.807) is 0 Å². The Kier molecular flexibility index (Phi) is 5.64. The Balaban J connectivity index is 2.37. The van der Waals surface area contributed by atoms with Gasteiger partial charge in [-0.2, -0.15) is 0 Å². The van der Waals surface area contributed by atoms with Crippen molar-refractivity contribution in [1.29, 1.82) is 0 Å². The highest BCUT2D eigenvalue weighted by Crippen LogP contribution is 2.14. The van der Waals surface area contributed by atoms with Crippen LogP contribution in [0, 0.1) is 13.8 Å². The van der Waals surface area contributed by atoms with Gasteiger partial charge >= 0.3 is 6.03 Å². The highest BCUT2D eigenvalue weighted by molar-refractivity contribution is 5.74. The number of hydrogen-bond donors (Lipinski definition) is 3. The summed E-state index contributed by atoms with van der Waals surface area (Å²) in [6.45, 7) is 6.23. The van der Waals surface area contributed by atoms with Crippen LogP contribution in [0.25, 0.3) is 0 Å². The number of aliphatic hydroxyl groups excluding tert-OH is 1. The van der Waals surface area contributed by atoms with Gasteiger partial charge in [-0.3, -0.25) is 0 Å². The summed E-state index contributed by atoms with van der Waals surface area (Å²) in [5.74, 6) is 0.793. The average Bonchev–Trinajstić information content (AvgIpc) is 2.61. The van der Waals surface area contributed by atoms with Gasteiger partial charge in [0.2, 0.25) is 0 Å². The Labute approximate surface area is 107 Å². The molecule has 1 rings (SSSR count). The maximum absolute atomic E-state index is 11.5. The number of aryl methyl sites for hydroxylation is 2. The molecule has 3 N–H and O–H groups in total. The lowest BCUT2D eigenvalue weighted by atomic mass is 10.1. The summed E-state index contributed by atoms with van der Waals surface area (Å²) in [5.41, 5.74) is 1.90. The molecule has 18 heavy (non-hydrogen) atoms. The summed E-state index contributed by atoms with van der Waals surface area (Å²) in [6, 6.07) is -0.223. The number of aliphatic hydroxyl groups is 1. The maximum atomic E-state index is 11.5. The van der Waals surface area contributed by atoms with Gasteiger partial charge in [-0.15, -0.1) is 0 Å². The van der Waals surface area contributed by atoms with E-state index in [0.29, 0.717) is 19.4 Å². The van der Waals surface area contributed by atoms with E-state index in [1.807, 2.05) is 20.8 Å². The summed E-state index contributed by atoms with van der Waals surface area (Å²) in [7, 11) is 0. The summed E-state index contributed by atoms with van der Waals surface area (Å²) < 4.78 is 5.07. The van der Waals surface area contributed by atoms with Gasteiger partial charge in [0.1, 0.15) is 5.76 Å². The van der Waals surface area contributed by atoms with Crippen LogP contribution in [0.3, 0.4) is 0 Å². The van der Waals surface area contributed by atoms with Crippen molar-refractivity contribution in [2.24, 2.45) is 0 Å². The predicted octanol–water partition coefficient (Wildman–Crippen LogP) is 0.904. The molecular formula is C12H21N3O3. The molecule has 0 aliphatic heterocycles. The lowest BCUT2D eigenvalue weighted by molar-refractivity contribution is 0.235. The fraction of sp³-hybridized carbons (Fsp3) is 0.667. The fourth-order valence-corrected chi connectivity index (χ4v) is 1.71. The minimum Gasteiger partial charge on any atom is -0.396 e. The van der Waals surface area contributed by atoms with E-state index in [-0.39, 0.29) is 18.7 Å². The SMILES string of the molecule is Cc1noc(C)c1CC(C)NC(=O)NCCCO. The molecule has 6 nitrogen and oxygen atoms in total. The zero-order valence-corrected chi connectivity index (χ0v) is 11.1. The van der Waals surface area contributed by atoms with Crippen molar-refractivity contribution >= 4 is 6.03 Å². The summed E-state index contributed by atoms with van der Waals surface area (Å²) in [6.07, 6.45) is 1.25. The molecule has 1 unspecified atom stereocenters. The van der Waals surface area contributed by atoms with Gasteiger partial charge in [0.25, 0.3) is 0 Å². The van der Waals surface area contributed by atoms with Crippen LogP contribution in [-0.4, -0.2) is 35.5 Å². The smallest absolute Gasteiger partial charge is 0.315 e. The van der Waals surface area contributed by atoms with E-state index in [4.69, 9.17) is 9.63 Å². The van der Waals surface area contributed by atoms with E-state index >= 15 is 0 Å².